The molecule has 17 heavy (non-hydrogen) atoms. The van der Waals surface area contributed by atoms with Gasteiger partial charge in [-0.25, -0.2) is 0 Å². The monoisotopic (exact) mass is 246 g/mol. The molecule has 2 rings (SSSR count). The van der Waals surface area contributed by atoms with Gasteiger partial charge in [-0.05, 0) is 50.5 Å². The highest BCUT2D eigenvalue weighted by Crippen LogP contribution is 2.17. The smallest absolute Gasteiger partial charge is 0.256 e. The maximum Gasteiger partial charge on any atom is 0.256 e. The van der Waals surface area contributed by atoms with Gasteiger partial charge in [0.25, 0.3) is 5.91 Å². The van der Waals surface area contributed by atoms with Gasteiger partial charge in [-0.1, -0.05) is 17.2 Å². The summed E-state index contributed by atoms with van der Waals surface area (Å²) >= 11 is 1.30. The van der Waals surface area contributed by atoms with Crippen molar-refractivity contribution in [3.8, 4) is 0 Å². The zero-order valence-corrected chi connectivity index (χ0v) is 10.9. The first kappa shape index (κ1) is 11.8. The van der Waals surface area contributed by atoms with Crippen LogP contribution in [0, 0.1) is 20.8 Å². The molecule has 1 amide bonds. The molecule has 1 aromatic heterocycles. The van der Waals surface area contributed by atoms with Gasteiger partial charge in [-0.2, -0.15) is 4.37 Å². The van der Waals surface area contributed by atoms with E-state index in [0.29, 0.717) is 5.56 Å². The molecule has 3 nitrogen and oxygen atoms in total. The third-order valence-corrected chi connectivity index (χ3v) is 3.14. The average Bonchev–Trinajstić information content (AvgIpc) is 2.62. The van der Waals surface area contributed by atoms with E-state index in [-0.39, 0.29) is 5.91 Å². The average molecular weight is 246 g/mol. The molecule has 0 atom stereocenters. The van der Waals surface area contributed by atoms with E-state index in [0.717, 1.165) is 21.8 Å². The van der Waals surface area contributed by atoms with E-state index < -0.39 is 0 Å². The lowest BCUT2D eigenvalue weighted by Gasteiger charge is -2.04. The van der Waals surface area contributed by atoms with Gasteiger partial charge in [0, 0.05) is 5.56 Å². The first-order valence-electron chi connectivity index (χ1n) is 5.37. The summed E-state index contributed by atoms with van der Waals surface area (Å²) in [5, 5.41) is 3.63. The van der Waals surface area contributed by atoms with Crippen molar-refractivity contribution < 1.29 is 4.79 Å². The zero-order chi connectivity index (χ0) is 12.4. The maximum absolute atomic E-state index is 12.0. The molecule has 0 saturated carbocycles. The molecule has 0 aliphatic carbocycles. The Morgan fingerprint density at radius 2 is 1.76 bits per heavy atom. The minimum Gasteiger partial charge on any atom is -0.312 e. The lowest BCUT2D eigenvalue weighted by atomic mass is 10.1. The van der Waals surface area contributed by atoms with Crippen molar-refractivity contribution in [3.05, 3.63) is 46.6 Å². The minimum absolute atomic E-state index is 0.0829. The molecule has 0 fully saturated rings. The van der Waals surface area contributed by atoms with E-state index in [1.54, 1.807) is 0 Å². The van der Waals surface area contributed by atoms with Crippen molar-refractivity contribution >= 4 is 22.4 Å². The van der Waals surface area contributed by atoms with Crippen LogP contribution in [0.15, 0.2) is 24.3 Å². The summed E-state index contributed by atoms with van der Waals surface area (Å²) in [7, 11) is 0. The van der Waals surface area contributed by atoms with Crippen LogP contribution in [-0.2, 0) is 0 Å². The lowest BCUT2D eigenvalue weighted by molar-refractivity contribution is 0.102. The molecule has 0 bridgehead atoms. The molecular formula is C13H14N2OS. The minimum atomic E-state index is -0.0829. The van der Waals surface area contributed by atoms with Crippen LogP contribution < -0.4 is 5.32 Å². The zero-order valence-electron chi connectivity index (χ0n) is 10.1. The van der Waals surface area contributed by atoms with E-state index >= 15 is 0 Å². The number of benzene rings is 1. The third kappa shape index (κ3) is 2.91. The molecule has 0 aliphatic heterocycles. The Labute approximate surface area is 105 Å². The number of aromatic nitrogens is 1. The van der Waals surface area contributed by atoms with E-state index in [1.165, 1.54) is 11.5 Å². The highest BCUT2D eigenvalue weighted by molar-refractivity contribution is 7.10. The maximum atomic E-state index is 12.0. The number of nitrogens with zero attached hydrogens (tertiary/aromatic N) is 1. The van der Waals surface area contributed by atoms with Crippen LogP contribution >= 0.6 is 11.5 Å². The van der Waals surface area contributed by atoms with Crippen LogP contribution in [0.3, 0.4) is 0 Å². The lowest BCUT2D eigenvalue weighted by Crippen LogP contribution is -2.11. The number of hydrogen-bond donors (Lipinski definition) is 1. The molecule has 2 aromatic rings. The predicted octanol–water partition coefficient (Wildman–Crippen LogP) is 3.32. The molecule has 1 heterocycles. The van der Waals surface area contributed by atoms with Gasteiger partial charge >= 0.3 is 0 Å². The normalized spacial score (nSPS) is 10.3. The molecule has 0 unspecified atom stereocenters. The van der Waals surface area contributed by atoms with Crippen LogP contribution in [0.1, 0.15) is 27.2 Å². The Morgan fingerprint density at radius 3 is 2.29 bits per heavy atom. The fourth-order valence-corrected chi connectivity index (χ4v) is 2.37. The highest BCUT2D eigenvalue weighted by atomic mass is 32.1. The first-order valence-corrected chi connectivity index (χ1v) is 6.15. The van der Waals surface area contributed by atoms with Crippen LogP contribution in [0.2, 0.25) is 0 Å². The second kappa shape index (κ2) is 4.67. The van der Waals surface area contributed by atoms with Gasteiger partial charge in [0.15, 0.2) is 0 Å². The number of rotatable bonds is 2. The van der Waals surface area contributed by atoms with Gasteiger partial charge < -0.3 is 5.32 Å². The van der Waals surface area contributed by atoms with Gasteiger partial charge in [0.2, 0.25) is 0 Å². The van der Waals surface area contributed by atoms with Crippen molar-refractivity contribution in [2.75, 3.05) is 5.32 Å². The number of carbonyl (C=O) groups excluding carboxylic acids is 1. The Morgan fingerprint density at radius 1 is 1.12 bits per heavy atom. The Hall–Kier alpha value is -1.68. The molecule has 1 N–H and O–H groups in total. The number of anilines is 1. The summed E-state index contributed by atoms with van der Waals surface area (Å²) in [4.78, 5) is 12.0. The largest absolute Gasteiger partial charge is 0.312 e. The topological polar surface area (TPSA) is 42.0 Å². The second-order valence-electron chi connectivity index (χ2n) is 4.16. The summed E-state index contributed by atoms with van der Waals surface area (Å²) < 4.78 is 4.13. The molecule has 88 valence electrons. The Kier molecular flexibility index (Phi) is 3.24. The molecule has 0 aliphatic rings. The van der Waals surface area contributed by atoms with Crippen LogP contribution in [0.5, 0.6) is 0 Å². The molecule has 0 radical (unpaired) electrons. The first-order chi connectivity index (χ1) is 8.04. The van der Waals surface area contributed by atoms with Crippen LogP contribution in [0.25, 0.3) is 0 Å². The molecule has 0 saturated heterocycles. The standard InChI is InChI=1S/C13H14N2OS/c1-8-4-9(2)6-11(5-8)13(16)14-12-7-10(3)15-17-12/h4-7H,1-3H3,(H,14,16). The summed E-state index contributed by atoms with van der Waals surface area (Å²) in [6, 6.07) is 7.69. The van der Waals surface area contributed by atoms with Crippen molar-refractivity contribution in [3.63, 3.8) is 0 Å². The third-order valence-electron chi connectivity index (χ3n) is 2.35. The molecular weight excluding hydrogens is 232 g/mol. The summed E-state index contributed by atoms with van der Waals surface area (Å²) in [6.07, 6.45) is 0. The van der Waals surface area contributed by atoms with Crippen LogP contribution in [-0.4, -0.2) is 10.3 Å². The Bertz CT molecular complexity index is 540. The summed E-state index contributed by atoms with van der Waals surface area (Å²) in [5.41, 5.74) is 3.80. The summed E-state index contributed by atoms with van der Waals surface area (Å²) in [5.74, 6) is -0.0829. The van der Waals surface area contributed by atoms with Gasteiger partial charge in [-0.3, -0.25) is 4.79 Å². The summed E-state index contributed by atoms with van der Waals surface area (Å²) in [6.45, 7) is 5.88. The van der Waals surface area contributed by atoms with Gasteiger partial charge in [-0.15, -0.1) is 0 Å². The van der Waals surface area contributed by atoms with Gasteiger partial charge in [0.1, 0.15) is 5.00 Å². The van der Waals surface area contributed by atoms with Crippen molar-refractivity contribution in [1.82, 2.24) is 4.37 Å². The van der Waals surface area contributed by atoms with Gasteiger partial charge in [0.05, 0.1) is 5.69 Å². The highest BCUT2D eigenvalue weighted by Gasteiger charge is 2.08. The Balaban J connectivity index is 2.19. The van der Waals surface area contributed by atoms with E-state index in [4.69, 9.17) is 0 Å². The predicted molar refractivity (Wildman–Crippen MR) is 70.7 cm³/mol. The molecule has 0 spiro atoms. The number of carbonyl (C=O) groups is 1. The fourth-order valence-electron chi connectivity index (χ4n) is 1.71. The van der Waals surface area contributed by atoms with Crippen molar-refractivity contribution in [2.45, 2.75) is 20.8 Å². The van der Waals surface area contributed by atoms with Crippen LogP contribution in [0.4, 0.5) is 5.00 Å². The number of aryl methyl sites for hydroxylation is 3. The van der Waals surface area contributed by atoms with Crippen molar-refractivity contribution in [1.29, 1.82) is 0 Å². The molecule has 1 aromatic carbocycles. The SMILES string of the molecule is Cc1cc(C)cc(C(=O)Nc2cc(C)ns2)c1. The number of amides is 1. The second-order valence-corrected chi connectivity index (χ2v) is 4.97. The van der Waals surface area contributed by atoms with Crippen molar-refractivity contribution in [2.24, 2.45) is 0 Å². The van der Waals surface area contributed by atoms with E-state index in [1.807, 2.05) is 45.0 Å². The molecule has 4 heteroatoms. The number of hydrogen-bond acceptors (Lipinski definition) is 3. The number of nitrogens with one attached hydrogen (secondary N) is 1. The quantitative estimate of drug-likeness (QED) is 0.883. The van der Waals surface area contributed by atoms with E-state index in [2.05, 4.69) is 9.69 Å². The van der Waals surface area contributed by atoms with E-state index in [9.17, 15) is 4.79 Å². The fraction of sp³-hybridized carbons (Fsp3) is 0.231.